The van der Waals surface area contributed by atoms with Crippen LogP contribution in [0.5, 0.6) is 11.5 Å². The molecule has 2 N–H and O–H groups in total. The highest BCUT2D eigenvalue weighted by Gasteiger charge is 2.12. The Bertz CT molecular complexity index is 372. The number of ether oxygens (including phenoxy) is 2. The van der Waals surface area contributed by atoms with Crippen LogP contribution in [0.1, 0.15) is 19.8 Å². The third kappa shape index (κ3) is 4.16. The van der Waals surface area contributed by atoms with Gasteiger partial charge in [-0.3, -0.25) is 0 Å². The van der Waals surface area contributed by atoms with E-state index in [0.29, 0.717) is 6.54 Å². The van der Waals surface area contributed by atoms with Crippen LogP contribution in [0, 0.1) is 0 Å². The molecule has 96 valence electrons. The van der Waals surface area contributed by atoms with E-state index in [1.807, 2.05) is 12.1 Å². The predicted molar refractivity (Wildman–Crippen MR) is 76.8 cm³/mol. The molecule has 1 aromatic carbocycles. The molecular weight excluding hydrogens is 350 g/mol. The Hall–Kier alpha value is -0.260. The monoisotopic (exact) mass is 365 g/mol. The van der Waals surface area contributed by atoms with Crippen LogP contribution in [0.3, 0.4) is 0 Å². The summed E-state index contributed by atoms with van der Waals surface area (Å²) in [5.41, 5.74) is 5.67. The lowest BCUT2D eigenvalue weighted by Crippen LogP contribution is -2.26. The highest BCUT2D eigenvalue weighted by Crippen LogP contribution is 2.36. The molecular formula is C12H17Br2NO2. The van der Waals surface area contributed by atoms with Crippen molar-refractivity contribution >= 4 is 31.9 Å². The molecule has 1 aromatic rings. The Morgan fingerprint density at radius 1 is 1.24 bits per heavy atom. The van der Waals surface area contributed by atoms with Gasteiger partial charge in [-0.05, 0) is 50.4 Å². The lowest BCUT2D eigenvalue weighted by molar-refractivity contribution is 0.196. The lowest BCUT2D eigenvalue weighted by Gasteiger charge is -2.18. The van der Waals surface area contributed by atoms with Gasteiger partial charge >= 0.3 is 0 Å². The van der Waals surface area contributed by atoms with Crippen LogP contribution < -0.4 is 15.2 Å². The second kappa shape index (κ2) is 7.24. The Balaban J connectivity index is 2.87. The first-order chi connectivity index (χ1) is 8.12. The number of rotatable bonds is 6. The maximum absolute atomic E-state index is 5.86. The van der Waals surface area contributed by atoms with Gasteiger partial charge in [-0.1, -0.05) is 13.3 Å². The van der Waals surface area contributed by atoms with E-state index in [4.69, 9.17) is 15.2 Å². The summed E-state index contributed by atoms with van der Waals surface area (Å²) >= 11 is 6.90. The van der Waals surface area contributed by atoms with Crippen molar-refractivity contribution in [2.45, 2.75) is 25.9 Å². The molecule has 3 nitrogen and oxygen atoms in total. The van der Waals surface area contributed by atoms with E-state index in [9.17, 15) is 0 Å². The first-order valence-corrected chi connectivity index (χ1v) is 7.10. The van der Waals surface area contributed by atoms with Crippen molar-refractivity contribution in [2.75, 3.05) is 13.7 Å². The summed E-state index contributed by atoms with van der Waals surface area (Å²) in [5, 5.41) is 0. The third-order valence-corrected chi connectivity index (χ3v) is 3.61. The van der Waals surface area contributed by atoms with Crippen molar-refractivity contribution in [1.29, 1.82) is 0 Å². The molecule has 1 unspecified atom stereocenters. The van der Waals surface area contributed by atoms with Crippen molar-refractivity contribution in [3.8, 4) is 11.5 Å². The van der Waals surface area contributed by atoms with Gasteiger partial charge in [0, 0.05) is 6.54 Å². The Labute approximate surface area is 119 Å². The number of benzene rings is 1. The molecule has 0 radical (unpaired) electrons. The van der Waals surface area contributed by atoms with Gasteiger partial charge in [0.05, 0.1) is 16.1 Å². The quantitative estimate of drug-likeness (QED) is 0.834. The van der Waals surface area contributed by atoms with E-state index in [2.05, 4.69) is 38.8 Å². The molecule has 0 saturated carbocycles. The number of hydrogen-bond acceptors (Lipinski definition) is 3. The molecule has 17 heavy (non-hydrogen) atoms. The average Bonchev–Trinajstić information content (AvgIpc) is 2.32. The molecule has 0 amide bonds. The van der Waals surface area contributed by atoms with Crippen molar-refractivity contribution < 1.29 is 9.47 Å². The van der Waals surface area contributed by atoms with Crippen molar-refractivity contribution in [3.63, 3.8) is 0 Å². The van der Waals surface area contributed by atoms with Crippen LogP contribution in [-0.2, 0) is 0 Å². The maximum Gasteiger partial charge on any atom is 0.135 e. The molecule has 0 fully saturated rings. The van der Waals surface area contributed by atoms with E-state index in [1.54, 1.807) is 7.11 Å². The smallest absolute Gasteiger partial charge is 0.135 e. The van der Waals surface area contributed by atoms with Gasteiger partial charge in [0.1, 0.15) is 17.6 Å². The van der Waals surface area contributed by atoms with E-state index < -0.39 is 0 Å². The molecule has 5 heteroatoms. The van der Waals surface area contributed by atoms with Crippen LogP contribution in [0.4, 0.5) is 0 Å². The maximum atomic E-state index is 5.86. The minimum atomic E-state index is 0.0524. The second-order valence-electron chi connectivity index (χ2n) is 3.68. The van der Waals surface area contributed by atoms with E-state index in [1.165, 1.54) is 0 Å². The van der Waals surface area contributed by atoms with Gasteiger partial charge in [-0.15, -0.1) is 0 Å². The number of nitrogens with two attached hydrogens (primary N) is 1. The van der Waals surface area contributed by atoms with Crippen molar-refractivity contribution in [3.05, 3.63) is 21.1 Å². The van der Waals surface area contributed by atoms with Crippen LogP contribution in [-0.4, -0.2) is 19.8 Å². The zero-order valence-corrected chi connectivity index (χ0v) is 13.2. The molecule has 0 aliphatic rings. The first-order valence-electron chi connectivity index (χ1n) is 5.52. The Morgan fingerprint density at radius 3 is 2.35 bits per heavy atom. The van der Waals surface area contributed by atoms with Gasteiger partial charge in [0.2, 0.25) is 0 Å². The van der Waals surface area contributed by atoms with Crippen molar-refractivity contribution in [1.82, 2.24) is 0 Å². The predicted octanol–water partition coefficient (Wildman–Crippen LogP) is 3.73. The fraction of sp³-hybridized carbons (Fsp3) is 0.500. The van der Waals surface area contributed by atoms with Crippen LogP contribution in [0.25, 0.3) is 0 Å². The minimum absolute atomic E-state index is 0.0524. The number of halogens is 2. The molecule has 0 saturated heterocycles. The number of methoxy groups -OCH3 is 1. The Kier molecular flexibility index (Phi) is 6.30. The fourth-order valence-corrected chi connectivity index (χ4v) is 2.38. The van der Waals surface area contributed by atoms with Gasteiger partial charge in [0.25, 0.3) is 0 Å². The highest BCUT2D eigenvalue weighted by molar-refractivity contribution is 9.11. The fourth-order valence-electron chi connectivity index (χ4n) is 1.48. The zero-order chi connectivity index (χ0) is 12.8. The number of hydrogen-bond donors (Lipinski definition) is 1. The molecule has 0 bridgehead atoms. The second-order valence-corrected chi connectivity index (χ2v) is 5.39. The molecule has 0 aromatic heterocycles. The van der Waals surface area contributed by atoms with E-state index in [0.717, 1.165) is 33.3 Å². The molecule has 0 spiro atoms. The average molecular weight is 367 g/mol. The van der Waals surface area contributed by atoms with Crippen LogP contribution in [0.2, 0.25) is 0 Å². The normalized spacial score (nSPS) is 12.3. The molecule has 0 heterocycles. The first kappa shape index (κ1) is 14.8. The van der Waals surface area contributed by atoms with Crippen LogP contribution in [0.15, 0.2) is 21.1 Å². The van der Waals surface area contributed by atoms with Gasteiger partial charge in [-0.2, -0.15) is 0 Å². The third-order valence-electron chi connectivity index (χ3n) is 2.37. The SMILES string of the molecule is CCCC(CN)Oc1cc(Br)c(OC)cc1Br. The topological polar surface area (TPSA) is 44.5 Å². The molecule has 0 aliphatic heterocycles. The van der Waals surface area contributed by atoms with Crippen LogP contribution >= 0.6 is 31.9 Å². The van der Waals surface area contributed by atoms with Crippen molar-refractivity contribution in [2.24, 2.45) is 5.73 Å². The summed E-state index contributed by atoms with van der Waals surface area (Å²) in [6.45, 7) is 2.63. The van der Waals surface area contributed by atoms with Gasteiger partial charge in [0.15, 0.2) is 0 Å². The molecule has 1 rings (SSSR count). The summed E-state index contributed by atoms with van der Waals surface area (Å²) in [4.78, 5) is 0. The summed E-state index contributed by atoms with van der Waals surface area (Å²) in [6.07, 6.45) is 2.06. The summed E-state index contributed by atoms with van der Waals surface area (Å²) in [7, 11) is 1.63. The van der Waals surface area contributed by atoms with E-state index in [-0.39, 0.29) is 6.10 Å². The molecule has 0 aliphatic carbocycles. The standard InChI is InChI=1S/C12H17Br2NO2/c1-3-4-8(7-15)17-12-6-9(13)11(16-2)5-10(12)14/h5-6,8H,3-4,7,15H2,1-2H3. The zero-order valence-electron chi connectivity index (χ0n) is 10.0. The summed E-state index contributed by atoms with van der Waals surface area (Å²) in [6, 6.07) is 3.76. The lowest BCUT2D eigenvalue weighted by atomic mass is 10.2. The van der Waals surface area contributed by atoms with Gasteiger partial charge < -0.3 is 15.2 Å². The largest absolute Gasteiger partial charge is 0.496 e. The highest BCUT2D eigenvalue weighted by atomic mass is 79.9. The van der Waals surface area contributed by atoms with Gasteiger partial charge in [-0.25, -0.2) is 0 Å². The minimum Gasteiger partial charge on any atom is -0.496 e. The summed E-state index contributed by atoms with van der Waals surface area (Å²) < 4.78 is 12.8. The Morgan fingerprint density at radius 2 is 1.82 bits per heavy atom. The molecule has 1 atom stereocenters. The summed E-state index contributed by atoms with van der Waals surface area (Å²) in [5.74, 6) is 1.55. The van der Waals surface area contributed by atoms with E-state index >= 15 is 0 Å².